The summed E-state index contributed by atoms with van der Waals surface area (Å²) in [5, 5.41) is 0. The fourth-order valence-electron chi connectivity index (χ4n) is 2.15. The van der Waals surface area contributed by atoms with E-state index in [9.17, 15) is 52.3 Å². The highest BCUT2D eigenvalue weighted by Crippen LogP contribution is 2.42. The van der Waals surface area contributed by atoms with Crippen LogP contribution in [0.5, 0.6) is 0 Å². The third kappa shape index (κ3) is 3.35. The molecule has 2 rings (SSSR count). The molecular weight excluding hydrogens is 422 g/mol. The quantitative estimate of drug-likeness (QED) is 0.488. The second kappa shape index (κ2) is 6.39. The molecular formula is C14H4F10O2S. The first-order chi connectivity index (χ1) is 12.1. The number of alkyl halides is 6. The smallest absolute Gasteiger partial charge is 0.214 e. The van der Waals surface area contributed by atoms with Gasteiger partial charge in [-0.1, -0.05) is 18.2 Å². The Bertz CT molecular complexity index is 977. The lowest BCUT2D eigenvalue weighted by Crippen LogP contribution is -2.24. The van der Waals surface area contributed by atoms with Gasteiger partial charge in [0.15, 0.2) is 23.3 Å². The van der Waals surface area contributed by atoms with E-state index in [1.165, 1.54) is 0 Å². The molecule has 0 aliphatic heterocycles. The molecule has 148 valence electrons. The lowest BCUT2D eigenvalue weighted by Gasteiger charge is -2.17. The van der Waals surface area contributed by atoms with E-state index in [-0.39, 0.29) is 6.07 Å². The van der Waals surface area contributed by atoms with Gasteiger partial charge in [0.1, 0.15) is 5.56 Å². The monoisotopic (exact) mass is 426 g/mol. The molecule has 2 aromatic rings. The zero-order chi connectivity index (χ0) is 20.9. The third-order valence-electron chi connectivity index (χ3n) is 3.30. The van der Waals surface area contributed by atoms with Gasteiger partial charge in [-0.3, -0.25) is 0 Å². The lowest BCUT2D eigenvalue weighted by molar-refractivity contribution is -0.143. The van der Waals surface area contributed by atoms with Crippen molar-refractivity contribution in [2.24, 2.45) is 0 Å². The predicted molar refractivity (Wildman–Crippen MR) is 70.0 cm³/mol. The summed E-state index contributed by atoms with van der Waals surface area (Å²) in [7, 11) is -6.25. The summed E-state index contributed by atoms with van der Waals surface area (Å²) in [5.41, 5.74) is -12.4. The molecule has 0 bridgehead atoms. The average Bonchev–Trinajstić information content (AvgIpc) is 2.51. The Morgan fingerprint density at radius 3 is 1.56 bits per heavy atom. The Hall–Kier alpha value is -2.31. The second-order valence-corrected chi connectivity index (χ2v) is 6.86. The fraction of sp³-hybridized carbons (Fsp3) is 0.143. The fourth-order valence-corrected chi connectivity index (χ4v) is 3.12. The van der Waals surface area contributed by atoms with Gasteiger partial charge in [0, 0.05) is 5.56 Å². The normalized spacial score (nSPS) is 13.1. The molecule has 27 heavy (non-hydrogen) atoms. The van der Waals surface area contributed by atoms with Crippen molar-refractivity contribution in [1.29, 1.82) is 0 Å². The number of sulfone groups is 1. The van der Waals surface area contributed by atoms with Gasteiger partial charge in [-0.05, 0) is 6.07 Å². The molecule has 0 saturated carbocycles. The maximum absolute atomic E-state index is 14.0. The molecule has 0 amide bonds. The summed E-state index contributed by atoms with van der Waals surface area (Å²) < 4.78 is 154. The van der Waals surface area contributed by atoms with E-state index in [2.05, 4.69) is 0 Å². The van der Waals surface area contributed by atoms with Crippen LogP contribution in [0.1, 0.15) is 5.56 Å². The van der Waals surface area contributed by atoms with E-state index in [0.717, 1.165) is 6.07 Å². The largest absolute Gasteiger partial charge is 0.501 e. The topological polar surface area (TPSA) is 34.1 Å². The van der Waals surface area contributed by atoms with Crippen molar-refractivity contribution in [2.75, 3.05) is 0 Å². The molecule has 0 unspecified atom stereocenters. The van der Waals surface area contributed by atoms with Crippen LogP contribution >= 0.6 is 0 Å². The van der Waals surface area contributed by atoms with Crippen molar-refractivity contribution < 1.29 is 52.3 Å². The molecule has 2 aromatic carbocycles. The van der Waals surface area contributed by atoms with Crippen molar-refractivity contribution in [2.45, 2.75) is 16.6 Å². The van der Waals surface area contributed by atoms with E-state index < -0.39 is 66.4 Å². The molecule has 2 nitrogen and oxygen atoms in total. The first-order valence-electron chi connectivity index (χ1n) is 6.46. The van der Waals surface area contributed by atoms with Crippen LogP contribution in [-0.2, 0) is 16.0 Å². The zero-order valence-electron chi connectivity index (χ0n) is 12.3. The molecule has 0 aliphatic carbocycles. The predicted octanol–water partition coefficient (Wildman–Crippen LogP) is 5.22. The Morgan fingerprint density at radius 1 is 0.704 bits per heavy atom. The van der Waals surface area contributed by atoms with Gasteiger partial charge in [0.25, 0.3) is 9.84 Å². The van der Waals surface area contributed by atoms with Gasteiger partial charge in [0.2, 0.25) is 0 Å². The van der Waals surface area contributed by atoms with Crippen molar-refractivity contribution in [3.05, 3.63) is 53.1 Å². The van der Waals surface area contributed by atoms with E-state index in [1.807, 2.05) is 0 Å². The number of hydrogen-bond acceptors (Lipinski definition) is 2. The van der Waals surface area contributed by atoms with Gasteiger partial charge < -0.3 is 0 Å². The van der Waals surface area contributed by atoms with Crippen LogP contribution in [-0.4, -0.2) is 13.9 Å². The number of hydrogen-bond donors (Lipinski definition) is 0. The van der Waals surface area contributed by atoms with Crippen LogP contribution in [0, 0.1) is 23.3 Å². The van der Waals surface area contributed by atoms with Gasteiger partial charge in [-0.2, -0.15) is 26.3 Å². The number of rotatable bonds is 2. The van der Waals surface area contributed by atoms with Crippen LogP contribution in [0.2, 0.25) is 0 Å². The van der Waals surface area contributed by atoms with E-state index in [4.69, 9.17) is 0 Å². The van der Waals surface area contributed by atoms with Gasteiger partial charge in [-0.15, -0.1) is 0 Å². The molecule has 13 heteroatoms. The molecule has 0 aliphatic rings. The van der Waals surface area contributed by atoms with E-state index >= 15 is 0 Å². The summed E-state index contributed by atoms with van der Waals surface area (Å²) in [6, 6.07) is 2.04. The van der Waals surface area contributed by atoms with Crippen molar-refractivity contribution in [1.82, 2.24) is 0 Å². The maximum Gasteiger partial charge on any atom is 0.501 e. The van der Waals surface area contributed by atoms with E-state index in [1.54, 1.807) is 0 Å². The molecule has 0 heterocycles. The summed E-state index contributed by atoms with van der Waals surface area (Å²) in [4.78, 5) is -1.80. The molecule has 0 radical (unpaired) electrons. The maximum atomic E-state index is 14.0. The summed E-state index contributed by atoms with van der Waals surface area (Å²) in [6.45, 7) is 0. The Kier molecular flexibility index (Phi) is 4.97. The number of benzene rings is 2. The summed E-state index contributed by atoms with van der Waals surface area (Å²) >= 11 is 0. The zero-order valence-corrected chi connectivity index (χ0v) is 13.1. The molecule has 0 saturated heterocycles. The van der Waals surface area contributed by atoms with Crippen molar-refractivity contribution >= 4 is 9.84 Å². The molecule has 0 fully saturated rings. The Balaban J connectivity index is 2.96. The second-order valence-electron chi connectivity index (χ2n) is 4.95. The van der Waals surface area contributed by atoms with Crippen LogP contribution in [0.3, 0.4) is 0 Å². The van der Waals surface area contributed by atoms with Gasteiger partial charge in [-0.25, -0.2) is 26.0 Å². The molecule has 0 atom stereocenters. The third-order valence-corrected chi connectivity index (χ3v) is 4.84. The number of halogens is 10. The van der Waals surface area contributed by atoms with Crippen LogP contribution in [0.4, 0.5) is 43.9 Å². The van der Waals surface area contributed by atoms with Gasteiger partial charge in [0.05, 0.1) is 10.5 Å². The summed E-state index contributed by atoms with van der Waals surface area (Å²) in [5.74, 6) is -11.3. The highest BCUT2D eigenvalue weighted by atomic mass is 32.2. The summed E-state index contributed by atoms with van der Waals surface area (Å²) in [6.07, 6.45) is -5.87. The minimum atomic E-state index is -6.25. The lowest BCUT2D eigenvalue weighted by atomic mass is 10.0. The molecule has 0 aromatic heterocycles. The standard InChI is InChI=1S/C14H4F10O2S/c15-9-7(10(16)12(18)8(11(9)17)13(19,20)21)5-3-1-2-4-6(5)27(25,26)14(22,23)24/h1-4H. The Morgan fingerprint density at radius 2 is 1.15 bits per heavy atom. The van der Waals surface area contributed by atoms with Gasteiger partial charge >= 0.3 is 11.7 Å². The molecule has 0 N–H and O–H groups in total. The van der Waals surface area contributed by atoms with Crippen LogP contribution < -0.4 is 0 Å². The SMILES string of the molecule is O=S(=O)(c1ccccc1-c1c(F)c(F)c(C(F)(F)F)c(F)c1F)C(F)(F)F. The first-order valence-corrected chi connectivity index (χ1v) is 7.94. The minimum Gasteiger partial charge on any atom is -0.214 e. The van der Waals surface area contributed by atoms with Crippen molar-refractivity contribution in [3.63, 3.8) is 0 Å². The van der Waals surface area contributed by atoms with Crippen molar-refractivity contribution in [3.8, 4) is 11.1 Å². The van der Waals surface area contributed by atoms with E-state index in [0.29, 0.717) is 12.1 Å². The average molecular weight is 426 g/mol. The highest BCUT2D eigenvalue weighted by molar-refractivity contribution is 7.92. The highest BCUT2D eigenvalue weighted by Gasteiger charge is 2.49. The Labute approximate surface area is 143 Å². The minimum absolute atomic E-state index is 0.227. The van der Waals surface area contributed by atoms with Crippen LogP contribution in [0.25, 0.3) is 11.1 Å². The first kappa shape index (κ1) is 21.0. The van der Waals surface area contributed by atoms with Crippen LogP contribution in [0.15, 0.2) is 29.2 Å². The molecule has 0 spiro atoms.